The van der Waals surface area contributed by atoms with Crippen LogP contribution < -0.4 is 4.72 Å². The molecule has 1 heterocycles. The molecule has 0 aliphatic rings. The molecule has 24 heavy (non-hydrogen) atoms. The van der Waals surface area contributed by atoms with Crippen LogP contribution in [0.25, 0.3) is 0 Å². The van der Waals surface area contributed by atoms with Crippen molar-refractivity contribution in [3.05, 3.63) is 47.8 Å². The van der Waals surface area contributed by atoms with Crippen molar-refractivity contribution in [2.24, 2.45) is 0 Å². The minimum Gasteiger partial charge on any atom is -0.461 e. The first-order valence-corrected chi connectivity index (χ1v) is 8.17. The summed E-state index contributed by atoms with van der Waals surface area (Å²) < 4.78 is 69.2. The number of hydrogen-bond donors (Lipinski definition) is 2. The number of carbonyl (C=O) groups is 1. The van der Waals surface area contributed by atoms with E-state index in [0.29, 0.717) is 6.07 Å². The summed E-state index contributed by atoms with van der Waals surface area (Å²) >= 11 is 0. The molecular weight excluding hydrogens is 349 g/mol. The Bertz CT molecular complexity index is 844. The van der Waals surface area contributed by atoms with Crippen molar-refractivity contribution >= 4 is 21.7 Å². The van der Waals surface area contributed by atoms with E-state index in [1.165, 1.54) is 12.3 Å². The normalized spacial score (nSPS) is 12.0. The molecule has 0 unspecified atom stereocenters. The van der Waals surface area contributed by atoms with Crippen molar-refractivity contribution in [3.8, 4) is 0 Å². The van der Waals surface area contributed by atoms with Gasteiger partial charge in [0.15, 0.2) is 0 Å². The van der Waals surface area contributed by atoms with Crippen molar-refractivity contribution in [2.75, 3.05) is 11.3 Å². The summed E-state index contributed by atoms with van der Waals surface area (Å²) in [5, 5.41) is 0. The Morgan fingerprint density at radius 1 is 1.29 bits per heavy atom. The molecule has 0 spiro atoms. The third-order valence-electron chi connectivity index (χ3n) is 2.90. The fourth-order valence-corrected chi connectivity index (χ4v) is 2.92. The zero-order valence-corrected chi connectivity index (χ0v) is 13.2. The van der Waals surface area contributed by atoms with Crippen molar-refractivity contribution < 1.29 is 31.1 Å². The van der Waals surface area contributed by atoms with Gasteiger partial charge in [-0.05, 0) is 31.2 Å². The van der Waals surface area contributed by atoms with Gasteiger partial charge < -0.3 is 9.72 Å². The molecule has 2 rings (SSSR count). The summed E-state index contributed by atoms with van der Waals surface area (Å²) in [4.78, 5) is 13.5. The van der Waals surface area contributed by atoms with Crippen molar-refractivity contribution in [2.45, 2.75) is 18.0 Å². The van der Waals surface area contributed by atoms with E-state index in [-0.39, 0.29) is 18.0 Å². The molecule has 0 atom stereocenters. The van der Waals surface area contributed by atoms with E-state index in [9.17, 15) is 26.4 Å². The molecule has 2 aromatic rings. The molecule has 0 radical (unpaired) electrons. The minimum atomic E-state index is -4.66. The smallest absolute Gasteiger partial charge is 0.416 e. The number of alkyl halides is 3. The standard InChI is InChI=1S/C14H13F3N2O4S/c1-2-23-13(20)12-7-10(8-18-12)19-24(21,22)11-5-3-4-9(6-11)14(15,16)17/h3-8,18-19H,2H2,1H3. The molecule has 1 aromatic carbocycles. The van der Waals surface area contributed by atoms with Crippen LogP contribution in [0.2, 0.25) is 0 Å². The van der Waals surface area contributed by atoms with Gasteiger partial charge in [-0.3, -0.25) is 4.72 Å². The Morgan fingerprint density at radius 3 is 2.62 bits per heavy atom. The van der Waals surface area contributed by atoms with Gasteiger partial charge in [0, 0.05) is 6.20 Å². The number of nitrogens with one attached hydrogen (secondary N) is 2. The molecule has 0 saturated carbocycles. The second-order valence-corrected chi connectivity index (χ2v) is 6.34. The molecule has 10 heteroatoms. The summed E-state index contributed by atoms with van der Waals surface area (Å²) in [5.41, 5.74) is -1.07. The van der Waals surface area contributed by atoms with E-state index >= 15 is 0 Å². The molecule has 6 nitrogen and oxygen atoms in total. The summed E-state index contributed by atoms with van der Waals surface area (Å²) in [5.74, 6) is -0.679. The highest BCUT2D eigenvalue weighted by molar-refractivity contribution is 7.92. The molecule has 2 N–H and O–H groups in total. The Balaban J connectivity index is 2.25. The highest BCUT2D eigenvalue weighted by Crippen LogP contribution is 2.30. The van der Waals surface area contributed by atoms with Gasteiger partial charge in [0.25, 0.3) is 10.0 Å². The number of aromatic amines is 1. The molecule has 0 saturated heterocycles. The fourth-order valence-electron chi connectivity index (χ4n) is 1.83. The number of H-pyrrole nitrogens is 1. The average molecular weight is 362 g/mol. The number of sulfonamides is 1. The number of benzene rings is 1. The molecule has 130 valence electrons. The Morgan fingerprint density at radius 2 is 2.00 bits per heavy atom. The highest BCUT2D eigenvalue weighted by atomic mass is 32.2. The first-order chi connectivity index (χ1) is 11.1. The van der Waals surface area contributed by atoms with Gasteiger partial charge >= 0.3 is 12.1 Å². The van der Waals surface area contributed by atoms with Gasteiger partial charge in [0.05, 0.1) is 22.8 Å². The lowest BCUT2D eigenvalue weighted by Gasteiger charge is -2.10. The van der Waals surface area contributed by atoms with E-state index in [4.69, 9.17) is 4.74 Å². The van der Waals surface area contributed by atoms with Crippen LogP contribution >= 0.6 is 0 Å². The Hall–Kier alpha value is -2.49. The number of halogens is 3. The number of rotatable bonds is 5. The Labute approximate surface area is 135 Å². The van der Waals surface area contributed by atoms with Crippen LogP contribution in [0.1, 0.15) is 23.0 Å². The number of anilines is 1. The SMILES string of the molecule is CCOC(=O)c1cc(NS(=O)(=O)c2cccc(C(F)(F)F)c2)c[nH]1. The van der Waals surface area contributed by atoms with Crippen LogP contribution in [0.5, 0.6) is 0 Å². The number of hydrogen-bond acceptors (Lipinski definition) is 4. The molecular formula is C14H13F3N2O4S. The van der Waals surface area contributed by atoms with E-state index in [2.05, 4.69) is 9.71 Å². The first kappa shape index (κ1) is 17.9. The first-order valence-electron chi connectivity index (χ1n) is 6.69. The van der Waals surface area contributed by atoms with Crippen LogP contribution in [0.3, 0.4) is 0 Å². The van der Waals surface area contributed by atoms with Crippen LogP contribution in [-0.4, -0.2) is 26.0 Å². The second kappa shape index (κ2) is 6.56. The van der Waals surface area contributed by atoms with Crippen LogP contribution in [0.15, 0.2) is 41.4 Å². The molecule has 0 fully saturated rings. The molecule has 0 aliphatic carbocycles. The zero-order valence-electron chi connectivity index (χ0n) is 12.3. The summed E-state index contributed by atoms with van der Waals surface area (Å²) in [6.07, 6.45) is -3.46. The maximum atomic E-state index is 12.7. The lowest BCUT2D eigenvalue weighted by molar-refractivity contribution is -0.137. The third-order valence-corrected chi connectivity index (χ3v) is 4.28. The Kier molecular flexibility index (Phi) is 4.88. The van der Waals surface area contributed by atoms with E-state index < -0.39 is 32.6 Å². The van der Waals surface area contributed by atoms with Gasteiger partial charge in [-0.2, -0.15) is 13.2 Å². The topological polar surface area (TPSA) is 88.3 Å². The van der Waals surface area contributed by atoms with Gasteiger partial charge in [-0.25, -0.2) is 13.2 Å². The fraction of sp³-hybridized carbons (Fsp3) is 0.214. The molecule has 1 aromatic heterocycles. The number of aromatic nitrogens is 1. The van der Waals surface area contributed by atoms with Gasteiger partial charge in [-0.1, -0.05) is 6.07 Å². The van der Waals surface area contributed by atoms with Gasteiger partial charge in [-0.15, -0.1) is 0 Å². The largest absolute Gasteiger partial charge is 0.461 e. The maximum absolute atomic E-state index is 12.7. The number of carbonyl (C=O) groups excluding carboxylic acids is 1. The molecule has 0 aliphatic heterocycles. The van der Waals surface area contributed by atoms with Crippen molar-refractivity contribution in [1.82, 2.24) is 4.98 Å². The van der Waals surface area contributed by atoms with Crippen molar-refractivity contribution in [1.29, 1.82) is 0 Å². The van der Waals surface area contributed by atoms with E-state index in [0.717, 1.165) is 18.2 Å². The molecule has 0 bridgehead atoms. The summed E-state index contributed by atoms with van der Waals surface area (Å²) in [6, 6.07) is 4.52. The highest BCUT2D eigenvalue weighted by Gasteiger charge is 2.31. The van der Waals surface area contributed by atoms with Crippen LogP contribution in [-0.2, 0) is 20.9 Å². The number of ether oxygens (including phenoxy) is 1. The van der Waals surface area contributed by atoms with Crippen LogP contribution in [0, 0.1) is 0 Å². The monoisotopic (exact) mass is 362 g/mol. The van der Waals surface area contributed by atoms with E-state index in [1.807, 2.05) is 0 Å². The zero-order chi connectivity index (χ0) is 18.0. The average Bonchev–Trinajstić information content (AvgIpc) is 2.95. The van der Waals surface area contributed by atoms with E-state index in [1.54, 1.807) is 6.92 Å². The quantitative estimate of drug-likeness (QED) is 0.801. The lowest BCUT2D eigenvalue weighted by atomic mass is 10.2. The third kappa shape index (κ3) is 4.07. The lowest BCUT2D eigenvalue weighted by Crippen LogP contribution is -2.14. The second-order valence-electron chi connectivity index (χ2n) is 4.65. The molecule has 0 amide bonds. The predicted molar refractivity (Wildman–Crippen MR) is 79.0 cm³/mol. The summed E-state index contributed by atoms with van der Waals surface area (Å²) in [6.45, 7) is 1.75. The number of esters is 1. The summed E-state index contributed by atoms with van der Waals surface area (Å²) in [7, 11) is -4.24. The van der Waals surface area contributed by atoms with Gasteiger partial charge in [0.2, 0.25) is 0 Å². The predicted octanol–water partition coefficient (Wildman–Crippen LogP) is 3.01. The van der Waals surface area contributed by atoms with Gasteiger partial charge in [0.1, 0.15) is 5.69 Å². The minimum absolute atomic E-state index is 0.00420. The van der Waals surface area contributed by atoms with Crippen molar-refractivity contribution in [3.63, 3.8) is 0 Å². The van der Waals surface area contributed by atoms with Crippen LogP contribution in [0.4, 0.5) is 18.9 Å². The maximum Gasteiger partial charge on any atom is 0.416 e.